The van der Waals surface area contributed by atoms with E-state index in [1.807, 2.05) is 0 Å². The predicted molar refractivity (Wildman–Crippen MR) is 81.2 cm³/mol. The van der Waals surface area contributed by atoms with Crippen molar-refractivity contribution < 1.29 is 9.47 Å². The average molecular weight is 274 g/mol. The topological polar surface area (TPSA) is 18.5 Å². The van der Waals surface area contributed by atoms with Crippen molar-refractivity contribution in [1.29, 1.82) is 0 Å². The minimum atomic E-state index is 0.129. The van der Waals surface area contributed by atoms with E-state index in [2.05, 4.69) is 31.2 Å². The summed E-state index contributed by atoms with van der Waals surface area (Å²) < 4.78 is 12.4. The van der Waals surface area contributed by atoms with E-state index in [9.17, 15) is 0 Å². The van der Waals surface area contributed by atoms with Crippen LogP contribution in [0.5, 0.6) is 5.75 Å². The molecule has 0 amide bonds. The first kappa shape index (κ1) is 13.9. The van der Waals surface area contributed by atoms with Crippen LogP contribution in [-0.2, 0) is 11.2 Å². The number of ether oxygens (including phenoxy) is 2. The van der Waals surface area contributed by atoms with E-state index < -0.39 is 0 Å². The molecule has 1 unspecified atom stereocenters. The normalized spacial score (nSPS) is 25.6. The van der Waals surface area contributed by atoms with Gasteiger partial charge in [0.25, 0.3) is 0 Å². The fourth-order valence-electron chi connectivity index (χ4n) is 3.66. The Balaban J connectivity index is 1.64. The highest BCUT2D eigenvalue weighted by Crippen LogP contribution is 2.39. The minimum Gasteiger partial charge on any atom is -0.490 e. The zero-order valence-electron chi connectivity index (χ0n) is 12.6. The SMILES string of the molecule is CCc1cccc(OC2CCOC3(CCCCC3)C2)c1. The third kappa shape index (κ3) is 3.17. The summed E-state index contributed by atoms with van der Waals surface area (Å²) >= 11 is 0. The zero-order chi connectivity index (χ0) is 13.8. The molecule has 1 aliphatic carbocycles. The smallest absolute Gasteiger partial charge is 0.119 e. The van der Waals surface area contributed by atoms with Crippen LogP contribution in [0.1, 0.15) is 57.4 Å². The molecule has 1 heterocycles. The monoisotopic (exact) mass is 274 g/mol. The first-order valence-corrected chi connectivity index (χ1v) is 8.19. The van der Waals surface area contributed by atoms with E-state index in [1.165, 1.54) is 37.7 Å². The lowest BCUT2D eigenvalue weighted by Gasteiger charge is -2.43. The van der Waals surface area contributed by atoms with Crippen LogP contribution in [0.25, 0.3) is 0 Å². The van der Waals surface area contributed by atoms with Crippen molar-refractivity contribution in [3.8, 4) is 5.75 Å². The molecule has 0 N–H and O–H groups in total. The summed E-state index contributed by atoms with van der Waals surface area (Å²) in [7, 11) is 0. The molecule has 1 aliphatic heterocycles. The van der Waals surface area contributed by atoms with Crippen molar-refractivity contribution in [3.05, 3.63) is 29.8 Å². The van der Waals surface area contributed by atoms with Gasteiger partial charge in [-0.2, -0.15) is 0 Å². The number of benzene rings is 1. The van der Waals surface area contributed by atoms with Crippen LogP contribution in [0, 0.1) is 0 Å². The molecular formula is C18H26O2. The first-order valence-electron chi connectivity index (χ1n) is 8.19. The number of rotatable bonds is 3. The summed E-state index contributed by atoms with van der Waals surface area (Å²) in [4.78, 5) is 0. The molecular weight excluding hydrogens is 248 g/mol. The molecule has 1 saturated heterocycles. The highest BCUT2D eigenvalue weighted by atomic mass is 16.5. The summed E-state index contributed by atoms with van der Waals surface area (Å²) in [5, 5.41) is 0. The van der Waals surface area contributed by atoms with Crippen molar-refractivity contribution in [2.75, 3.05) is 6.61 Å². The molecule has 2 nitrogen and oxygen atoms in total. The molecule has 0 aromatic heterocycles. The maximum atomic E-state index is 6.25. The van der Waals surface area contributed by atoms with Crippen LogP contribution in [-0.4, -0.2) is 18.3 Å². The lowest BCUT2D eigenvalue weighted by atomic mass is 9.79. The Labute approximate surface area is 122 Å². The standard InChI is InChI=1S/C18H26O2/c1-2-15-7-6-8-16(13-15)20-17-9-12-19-18(14-17)10-4-3-5-11-18/h6-8,13,17H,2-5,9-12,14H2,1H3. The Bertz CT molecular complexity index is 429. The lowest BCUT2D eigenvalue weighted by Crippen LogP contribution is -2.45. The van der Waals surface area contributed by atoms with E-state index in [0.717, 1.165) is 31.6 Å². The molecule has 1 atom stereocenters. The van der Waals surface area contributed by atoms with Gasteiger partial charge in [0.2, 0.25) is 0 Å². The van der Waals surface area contributed by atoms with Gasteiger partial charge in [-0.25, -0.2) is 0 Å². The van der Waals surface area contributed by atoms with Crippen molar-refractivity contribution in [2.45, 2.75) is 70.0 Å². The van der Waals surface area contributed by atoms with Crippen LogP contribution in [0.2, 0.25) is 0 Å². The molecule has 2 fully saturated rings. The van der Waals surface area contributed by atoms with Crippen molar-refractivity contribution in [3.63, 3.8) is 0 Å². The first-order chi connectivity index (χ1) is 9.80. The minimum absolute atomic E-state index is 0.129. The third-order valence-corrected chi connectivity index (χ3v) is 4.82. The summed E-state index contributed by atoms with van der Waals surface area (Å²) in [6.45, 7) is 3.04. The second kappa shape index (κ2) is 6.17. The summed E-state index contributed by atoms with van der Waals surface area (Å²) in [6.07, 6.45) is 9.94. The van der Waals surface area contributed by atoms with Gasteiger partial charge in [-0.1, -0.05) is 38.3 Å². The van der Waals surface area contributed by atoms with Crippen LogP contribution < -0.4 is 4.74 Å². The molecule has 110 valence electrons. The predicted octanol–water partition coefficient (Wildman–Crippen LogP) is 4.51. The van der Waals surface area contributed by atoms with Gasteiger partial charge in [0, 0.05) is 12.8 Å². The average Bonchev–Trinajstić information content (AvgIpc) is 2.48. The van der Waals surface area contributed by atoms with Gasteiger partial charge in [0.05, 0.1) is 12.2 Å². The number of hydrogen-bond donors (Lipinski definition) is 0. The third-order valence-electron chi connectivity index (χ3n) is 4.82. The second-order valence-corrected chi connectivity index (χ2v) is 6.33. The zero-order valence-corrected chi connectivity index (χ0v) is 12.6. The number of hydrogen-bond acceptors (Lipinski definition) is 2. The van der Waals surface area contributed by atoms with E-state index in [4.69, 9.17) is 9.47 Å². The quantitative estimate of drug-likeness (QED) is 0.807. The van der Waals surface area contributed by atoms with Crippen molar-refractivity contribution in [1.82, 2.24) is 0 Å². The molecule has 1 saturated carbocycles. The van der Waals surface area contributed by atoms with Crippen LogP contribution in [0.4, 0.5) is 0 Å². The Morgan fingerprint density at radius 3 is 2.90 bits per heavy atom. The highest BCUT2D eigenvalue weighted by molar-refractivity contribution is 5.28. The summed E-state index contributed by atoms with van der Waals surface area (Å²) in [5.74, 6) is 1.03. The van der Waals surface area contributed by atoms with Gasteiger partial charge in [0.1, 0.15) is 11.9 Å². The summed E-state index contributed by atoms with van der Waals surface area (Å²) in [5.41, 5.74) is 1.48. The maximum Gasteiger partial charge on any atom is 0.119 e. The Morgan fingerprint density at radius 2 is 2.10 bits per heavy atom. The molecule has 1 aromatic carbocycles. The van der Waals surface area contributed by atoms with Gasteiger partial charge in [0.15, 0.2) is 0 Å². The van der Waals surface area contributed by atoms with Gasteiger partial charge in [-0.3, -0.25) is 0 Å². The fourth-order valence-corrected chi connectivity index (χ4v) is 3.66. The molecule has 3 rings (SSSR count). The summed E-state index contributed by atoms with van der Waals surface area (Å²) in [6, 6.07) is 8.54. The van der Waals surface area contributed by atoms with E-state index in [-0.39, 0.29) is 5.60 Å². The second-order valence-electron chi connectivity index (χ2n) is 6.33. The van der Waals surface area contributed by atoms with Gasteiger partial charge in [-0.15, -0.1) is 0 Å². The van der Waals surface area contributed by atoms with E-state index in [0.29, 0.717) is 6.10 Å². The van der Waals surface area contributed by atoms with E-state index in [1.54, 1.807) is 0 Å². The van der Waals surface area contributed by atoms with Crippen molar-refractivity contribution >= 4 is 0 Å². The van der Waals surface area contributed by atoms with Crippen LogP contribution in [0.3, 0.4) is 0 Å². The highest BCUT2D eigenvalue weighted by Gasteiger charge is 2.39. The molecule has 1 aromatic rings. The Kier molecular flexibility index (Phi) is 4.30. The molecule has 2 heteroatoms. The molecule has 20 heavy (non-hydrogen) atoms. The van der Waals surface area contributed by atoms with Crippen LogP contribution >= 0.6 is 0 Å². The van der Waals surface area contributed by atoms with E-state index >= 15 is 0 Å². The molecule has 2 aliphatic rings. The Morgan fingerprint density at radius 1 is 1.25 bits per heavy atom. The fraction of sp³-hybridized carbons (Fsp3) is 0.667. The Hall–Kier alpha value is -1.02. The van der Waals surface area contributed by atoms with Gasteiger partial charge < -0.3 is 9.47 Å². The molecule has 0 radical (unpaired) electrons. The van der Waals surface area contributed by atoms with Crippen molar-refractivity contribution in [2.24, 2.45) is 0 Å². The van der Waals surface area contributed by atoms with Gasteiger partial charge >= 0.3 is 0 Å². The number of aryl methyl sites for hydroxylation is 1. The molecule has 0 bridgehead atoms. The van der Waals surface area contributed by atoms with Gasteiger partial charge in [-0.05, 0) is 37.0 Å². The lowest BCUT2D eigenvalue weighted by molar-refractivity contribution is -0.129. The maximum absolute atomic E-state index is 6.25. The van der Waals surface area contributed by atoms with Crippen LogP contribution in [0.15, 0.2) is 24.3 Å². The largest absolute Gasteiger partial charge is 0.490 e. The molecule has 1 spiro atoms.